The van der Waals surface area contributed by atoms with Crippen LogP contribution in [0, 0.1) is 6.92 Å². The van der Waals surface area contributed by atoms with E-state index >= 15 is 0 Å². The van der Waals surface area contributed by atoms with E-state index in [2.05, 4.69) is 15.0 Å². The van der Waals surface area contributed by atoms with Crippen molar-refractivity contribution in [1.29, 1.82) is 0 Å². The lowest BCUT2D eigenvalue weighted by atomic mass is 9.97. The van der Waals surface area contributed by atoms with Crippen molar-refractivity contribution < 1.29 is 9.29 Å². The van der Waals surface area contributed by atoms with Crippen LogP contribution in [0.25, 0.3) is 10.9 Å². The van der Waals surface area contributed by atoms with Crippen molar-refractivity contribution >= 4 is 42.4 Å². The number of aromatic nitrogens is 3. The molecule has 0 saturated carbocycles. The topological polar surface area (TPSA) is 74.6 Å². The fourth-order valence-electron chi connectivity index (χ4n) is 2.43. The molecule has 1 N–H and O–H groups in total. The third kappa shape index (κ3) is 3.97. The normalized spacial score (nSPS) is 16.2. The summed E-state index contributed by atoms with van der Waals surface area (Å²) in [5.74, 6) is 0.767. The molecule has 126 valence electrons. The predicted octanol–water partition coefficient (Wildman–Crippen LogP) is 1.52. The van der Waals surface area contributed by atoms with Crippen LogP contribution in [-0.2, 0) is 0 Å². The summed E-state index contributed by atoms with van der Waals surface area (Å²) in [5.41, 5.74) is 0.977. The van der Waals surface area contributed by atoms with Gasteiger partial charge in [-0.05, 0) is 19.9 Å². The first kappa shape index (κ1) is 18.1. The van der Waals surface area contributed by atoms with Gasteiger partial charge in [0.2, 0.25) is 0 Å². The molecule has 2 aromatic rings. The number of aliphatic hydroxyl groups is 1. The molecule has 0 amide bonds. The molecule has 0 atom stereocenters. The zero-order valence-corrected chi connectivity index (χ0v) is 15.4. The quantitative estimate of drug-likeness (QED) is 0.654. The first-order valence-corrected chi connectivity index (χ1v) is 7.68. The van der Waals surface area contributed by atoms with Crippen molar-refractivity contribution in [3.05, 3.63) is 18.0 Å². The molecule has 1 saturated heterocycles. The molecule has 2 aromatic heterocycles. The van der Waals surface area contributed by atoms with Crippen LogP contribution in [0.15, 0.2) is 12.3 Å². The largest absolute Gasteiger partial charge is 0.386 e. The van der Waals surface area contributed by atoms with Crippen LogP contribution in [0.4, 0.5) is 5.82 Å². The molecule has 0 bridgehead atoms. The van der Waals surface area contributed by atoms with Gasteiger partial charge >= 0.3 is 6.01 Å². The Morgan fingerprint density at radius 3 is 2.65 bits per heavy atom. The molecule has 1 aliphatic rings. The third-order valence-electron chi connectivity index (χ3n) is 3.28. The lowest BCUT2D eigenvalue weighted by Crippen LogP contribution is -2.60. The average molecular weight is 355 g/mol. The van der Waals surface area contributed by atoms with Crippen molar-refractivity contribution in [1.82, 2.24) is 19.3 Å². The van der Waals surface area contributed by atoms with Gasteiger partial charge < -0.3 is 14.2 Å². The van der Waals surface area contributed by atoms with Gasteiger partial charge in [-0.2, -0.15) is 18.5 Å². The highest BCUT2D eigenvalue weighted by Crippen LogP contribution is 2.32. The van der Waals surface area contributed by atoms with Gasteiger partial charge in [0, 0.05) is 44.5 Å². The van der Waals surface area contributed by atoms with Crippen LogP contribution in [-0.4, -0.2) is 57.1 Å². The number of β-amino-alcohol motifs (C(OH)–C–C–N with tert-alkyl or cyclic N) is 1. The second kappa shape index (κ2) is 6.68. The number of hydrogen-bond donors (Lipinski definition) is 1. The van der Waals surface area contributed by atoms with Crippen LogP contribution in [0.1, 0.15) is 12.6 Å². The fraction of sp³-hybridized carbons (Fsp3) is 0.500. The van der Waals surface area contributed by atoms with Gasteiger partial charge in [-0.15, -0.1) is 0 Å². The Labute approximate surface area is 146 Å². The first-order valence-electron chi connectivity index (χ1n) is 6.98. The lowest BCUT2D eigenvalue weighted by Gasteiger charge is -2.45. The highest BCUT2D eigenvalue weighted by molar-refractivity contribution is 7.92. The second-order valence-electron chi connectivity index (χ2n) is 6.00. The van der Waals surface area contributed by atoms with E-state index in [9.17, 15) is 5.11 Å². The van der Waals surface area contributed by atoms with E-state index in [0.29, 0.717) is 19.1 Å². The van der Waals surface area contributed by atoms with Crippen LogP contribution < -0.4 is 9.08 Å². The summed E-state index contributed by atoms with van der Waals surface area (Å²) in [6.45, 7) is 4.85. The minimum Gasteiger partial charge on any atom is -0.386 e. The van der Waals surface area contributed by atoms with E-state index in [1.807, 2.05) is 43.2 Å². The van der Waals surface area contributed by atoms with Crippen molar-refractivity contribution in [3.63, 3.8) is 0 Å². The standard InChI is InChI=1S/C14H19N5O2S.H2S/c1-9-5-10-6-15-13(21-22-18(3)4)17-11(10)12(16-9)19-7-14(2,20)8-19;/h5-6,20H,7-8H2,1-4H3;1H2. The number of rotatable bonds is 4. The highest BCUT2D eigenvalue weighted by atomic mass is 32.2. The van der Waals surface area contributed by atoms with Crippen molar-refractivity contribution in [2.24, 2.45) is 0 Å². The number of fused-ring (bicyclic) bond motifs is 1. The number of aryl methyl sites for hydroxylation is 1. The monoisotopic (exact) mass is 355 g/mol. The van der Waals surface area contributed by atoms with E-state index in [4.69, 9.17) is 4.18 Å². The van der Waals surface area contributed by atoms with Crippen LogP contribution >= 0.6 is 25.7 Å². The lowest BCUT2D eigenvalue weighted by molar-refractivity contribution is 0.0307. The van der Waals surface area contributed by atoms with Crippen molar-refractivity contribution in [2.45, 2.75) is 19.4 Å². The minimum atomic E-state index is -0.662. The molecule has 0 aliphatic carbocycles. The average Bonchev–Trinajstić information content (AvgIpc) is 2.41. The molecule has 0 radical (unpaired) electrons. The Morgan fingerprint density at radius 1 is 1.35 bits per heavy atom. The second-order valence-corrected chi connectivity index (χ2v) is 7.05. The molecule has 1 aliphatic heterocycles. The summed E-state index contributed by atoms with van der Waals surface area (Å²) in [6, 6.07) is 2.24. The Bertz CT molecular complexity index is 703. The van der Waals surface area contributed by atoms with E-state index in [1.165, 1.54) is 0 Å². The van der Waals surface area contributed by atoms with Gasteiger partial charge in [-0.1, -0.05) is 0 Å². The van der Waals surface area contributed by atoms with E-state index in [0.717, 1.165) is 34.6 Å². The Balaban J connectivity index is 0.00000192. The molecular weight excluding hydrogens is 334 g/mol. The van der Waals surface area contributed by atoms with Gasteiger partial charge in [-0.3, -0.25) is 0 Å². The molecule has 9 heteroatoms. The summed E-state index contributed by atoms with van der Waals surface area (Å²) in [7, 11) is 3.76. The number of pyridine rings is 1. The Morgan fingerprint density at radius 2 is 2.04 bits per heavy atom. The van der Waals surface area contributed by atoms with Gasteiger partial charge in [0.15, 0.2) is 5.82 Å². The molecule has 0 spiro atoms. The molecule has 23 heavy (non-hydrogen) atoms. The zero-order chi connectivity index (χ0) is 15.9. The highest BCUT2D eigenvalue weighted by Gasteiger charge is 2.38. The van der Waals surface area contributed by atoms with Crippen LogP contribution in [0.3, 0.4) is 0 Å². The minimum absolute atomic E-state index is 0. The van der Waals surface area contributed by atoms with E-state index in [-0.39, 0.29) is 13.5 Å². The smallest absolute Gasteiger partial charge is 0.330 e. The van der Waals surface area contributed by atoms with Gasteiger partial charge in [0.1, 0.15) is 17.7 Å². The number of nitrogens with zero attached hydrogens (tertiary/aromatic N) is 5. The number of anilines is 1. The van der Waals surface area contributed by atoms with Crippen LogP contribution in [0.5, 0.6) is 6.01 Å². The summed E-state index contributed by atoms with van der Waals surface area (Å²) in [5, 5.41) is 10.9. The van der Waals surface area contributed by atoms with Gasteiger partial charge in [-0.25, -0.2) is 14.3 Å². The summed E-state index contributed by atoms with van der Waals surface area (Å²) < 4.78 is 7.27. The molecule has 3 heterocycles. The first-order chi connectivity index (χ1) is 10.3. The Hall–Kier alpha value is -1.29. The third-order valence-corrected chi connectivity index (χ3v) is 3.80. The van der Waals surface area contributed by atoms with E-state index < -0.39 is 5.60 Å². The van der Waals surface area contributed by atoms with Gasteiger partial charge in [0.25, 0.3) is 0 Å². The molecule has 7 nitrogen and oxygen atoms in total. The maximum Gasteiger partial charge on any atom is 0.330 e. The number of hydrogen-bond acceptors (Lipinski definition) is 8. The Kier molecular flexibility index (Phi) is 5.24. The maximum absolute atomic E-state index is 9.95. The summed E-state index contributed by atoms with van der Waals surface area (Å²) in [6.07, 6.45) is 1.74. The molecule has 3 rings (SSSR count). The van der Waals surface area contributed by atoms with Crippen molar-refractivity contribution in [3.8, 4) is 6.01 Å². The van der Waals surface area contributed by atoms with Crippen LogP contribution in [0.2, 0.25) is 0 Å². The molecule has 0 aromatic carbocycles. The van der Waals surface area contributed by atoms with Crippen molar-refractivity contribution in [2.75, 3.05) is 32.1 Å². The molecule has 0 unspecified atom stereocenters. The maximum atomic E-state index is 9.95. The van der Waals surface area contributed by atoms with E-state index in [1.54, 1.807) is 6.20 Å². The fourth-order valence-corrected chi connectivity index (χ4v) is 2.73. The summed E-state index contributed by atoms with van der Waals surface area (Å²) >= 11 is 1.16. The SMILES string of the molecule is Cc1cc2cnc(OSN(C)C)nc2c(N2CC(C)(O)C2)n1.S. The van der Waals surface area contributed by atoms with Gasteiger partial charge in [0.05, 0.1) is 5.60 Å². The summed E-state index contributed by atoms with van der Waals surface area (Å²) in [4.78, 5) is 15.3. The molecule has 1 fully saturated rings. The predicted molar refractivity (Wildman–Crippen MR) is 97.2 cm³/mol. The zero-order valence-electron chi connectivity index (χ0n) is 13.6. The molecular formula is C14H21N5O2S2.